The predicted octanol–water partition coefficient (Wildman–Crippen LogP) is -0.247. The number of aromatic nitrogens is 4. The fraction of sp³-hybridized carbons (Fsp3) is 0.643. The zero-order valence-corrected chi connectivity index (χ0v) is 13.0. The zero-order chi connectivity index (χ0) is 16.2. The Morgan fingerprint density at radius 3 is 2.50 bits per heavy atom. The van der Waals surface area contributed by atoms with Crippen molar-refractivity contribution in [2.24, 2.45) is 0 Å². The summed E-state index contributed by atoms with van der Waals surface area (Å²) in [6.45, 7) is 6.54. The van der Waals surface area contributed by atoms with Gasteiger partial charge in [-0.2, -0.15) is 5.10 Å². The molecule has 0 spiro atoms. The van der Waals surface area contributed by atoms with Gasteiger partial charge in [-0.25, -0.2) is 14.6 Å². The second-order valence-electron chi connectivity index (χ2n) is 5.96. The molecule has 1 fully saturated rings. The Balaban J connectivity index is 2.19. The second-order valence-corrected chi connectivity index (χ2v) is 5.96. The second kappa shape index (κ2) is 4.95. The van der Waals surface area contributed by atoms with E-state index in [9.17, 15) is 15.3 Å². The molecular weight excluding hydrogens is 288 g/mol. The molecule has 2 aromatic heterocycles. The maximum Gasteiger partial charge on any atom is 0.183 e. The third kappa shape index (κ3) is 2.03. The third-order valence-corrected chi connectivity index (χ3v) is 4.18. The normalized spacial score (nSPS) is 32.0. The van der Waals surface area contributed by atoms with Crippen molar-refractivity contribution in [3.05, 3.63) is 17.2 Å². The van der Waals surface area contributed by atoms with Crippen LogP contribution in [0, 0.1) is 20.8 Å². The van der Waals surface area contributed by atoms with E-state index in [1.807, 2.05) is 13.8 Å². The van der Waals surface area contributed by atoms with Crippen molar-refractivity contribution in [3.8, 4) is 0 Å². The summed E-state index contributed by atoms with van der Waals surface area (Å²) in [4.78, 5) is 8.73. The smallest absolute Gasteiger partial charge is 0.183 e. The van der Waals surface area contributed by atoms with Gasteiger partial charge in [-0.15, -0.1) is 0 Å². The lowest BCUT2D eigenvalue weighted by Gasteiger charge is -2.26. The minimum atomic E-state index is -1.59. The van der Waals surface area contributed by atoms with Crippen LogP contribution in [0.3, 0.4) is 0 Å². The first-order chi connectivity index (χ1) is 10.3. The van der Waals surface area contributed by atoms with Crippen molar-refractivity contribution in [1.29, 1.82) is 0 Å². The van der Waals surface area contributed by atoms with Crippen molar-refractivity contribution < 1.29 is 20.1 Å². The Kier molecular flexibility index (Phi) is 3.44. The van der Waals surface area contributed by atoms with Gasteiger partial charge in [0.25, 0.3) is 0 Å². The monoisotopic (exact) mass is 308 g/mol. The average molecular weight is 308 g/mol. The quantitative estimate of drug-likeness (QED) is 0.701. The highest BCUT2D eigenvalue weighted by atomic mass is 16.6. The summed E-state index contributed by atoms with van der Waals surface area (Å²) in [5, 5.41) is 35.2. The van der Waals surface area contributed by atoms with Crippen molar-refractivity contribution >= 4 is 11.0 Å². The molecule has 8 nitrogen and oxygen atoms in total. The van der Waals surface area contributed by atoms with Crippen LogP contribution in [0.25, 0.3) is 11.0 Å². The molecule has 120 valence electrons. The van der Waals surface area contributed by atoms with Crippen LogP contribution < -0.4 is 0 Å². The van der Waals surface area contributed by atoms with Gasteiger partial charge in [0.15, 0.2) is 11.9 Å². The Labute approximate surface area is 127 Å². The molecule has 1 aliphatic heterocycles. The number of nitrogens with zero attached hydrogens (tertiary/aromatic N) is 4. The highest BCUT2D eigenvalue weighted by molar-refractivity contribution is 5.80. The van der Waals surface area contributed by atoms with E-state index in [0.717, 1.165) is 11.1 Å². The van der Waals surface area contributed by atoms with Gasteiger partial charge in [-0.3, -0.25) is 0 Å². The number of hydrogen-bond acceptors (Lipinski definition) is 7. The highest BCUT2D eigenvalue weighted by Gasteiger charge is 2.53. The highest BCUT2D eigenvalue weighted by Crippen LogP contribution is 2.39. The number of rotatable bonds is 2. The van der Waals surface area contributed by atoms with Crippen LogP contribution in [-0.4, -0.2) is 59.5 Å². The molecule has 0 bridgehead atoms. The SMILES string of the molecule is Cc1nc(C)c2c(C)nn([C@@H]3O[C@H](CO)[C@@H](O)[C@@]3(C)O)c2n1. The Morgan fingerprint density at radius 2 is 1.91 bits per heavy atom. The van der Waals surface area contributed by atoms with Crippen LogP contribution in [0.4, 0.5) is 0 Å². The van der Waals surface area contributed by atoms with Crippen LogP contribution in [0.15, 0.2) is 0 Å². The number of aliphatic hydroxyl groups is 3. The van der Waals surface area contributed by atoms with E-state index in [4.69, 9.17) is 4.74 Å². The molecule has 4 atom stereocenters. The molecule has 8 heteroatoms. The fourth-order valence-electron chi connectivity index (χ4n) is 3.05. The van der Waals surface area contributed by atoms with E-state index in [-0.39, 0.29) is 6.61 Å². The fourth-order valence-corrected chi connectivity index (χ4v) is 3.05. The molecule has 3 N–H and O–H groups in total. The van der Waals surface area contributed by atoms with E-state index in [0.29, 0.717) is 17.2 Å². The molecule has 1 aliphatic rings. The standard InChI is InChI=1S/C14H20N4O4/c1-6-10-7(2)17-18(12(10)16-8(3)15-6)13-14(4,21)11(20)9(5-19)22-13/h9,11,13,19-21H,5H2,1-4H3/t9-,11-,13-,14-/m1/s1. The van der Waals surface area contributed by atoms with E-state index < -0.39 is 24.0 Å². The molecule has 0 aliphatic carbocycles. The largest absolute Gasteiger partial charge is 0.394 e. The number of aryl methyl sites for hydroxylation is 3. The van der Waals surface area contributed by atoms with Gasteiger partial charge < -0.3 is 20.1 Å². The van der Waals surface area contributed by atoms with Crippen LogP contribution in [0.5, 0.6) is 0 Å². The van der Waals surface area contributed by atoms with Crippen molar-refractivity contribution in [1.82, 2.24) is 19.7 Å². The van der Waals surface area contributed by atoms with E-state index in [1.54, 1.807) is 6.92 Å². The number of fused-ring (bicyclic) bond motifs is 1. The topological polar surface area (TPSA) is 114 Å². The average Bonchev–Trinajstić information content (AvgIpc) is 2.86. The summed E-state index contributed by atoms with van der Waals surface area (Å²) < 4.78 is 7.08. The number of aliphatic hydroxyl groups excluding tert-OH is 2. The van der Waals surface area contributed by atoms with E-state index in [2.05, 4.69) is 15.1 Å². The van der Waals surface area contributed by atoms with Gasteiger partial charge in [-0.1, -0.05) is 0 Å². The molecule has 2 aromatic rings. The Morgan fingerprint density at radius 1 is 1.23 bits per heavy atom. The molecule has 3 rings (SSSR count). The molecule has 0 unspecified atom stereocenters. The summed E-state index contributed by atoms with van der Waals surface area (Å²) in [7, 11) is 0. The first-order valence-corrected chi connectivity index (χ1v) is 7.14. The van der Waals surface area contributed by atoms with Crippen molar-refractivity contribution in [3.63, 3.8) is 0 Å². The number of ether oxygens (including phenoxy) is 1. The summed E-state index contributed by atoms with van der Waals surface area (Å²) >= 11 is 0. The molecule has 0 radical (unpaired) electrons. The van der Waals surface area contributed by atoms with Gasteiger partial charge in [0, 0.05) is 0 Å². The van der Waals surface area contributed by atoms with Crippen LogP contribution >= 0.6 is 0 Å². The molecule has 0 aromatic carbocycles. The summed E-state index contributed by atoms with van der Waals surface area (Å²) in [6.07, 6.45) is -3.03. The summed E-state index contributed by atoms with van der Waals surface area (Å²) in [5.74, 6) is 0.586. The van der Waals surface area contributed by atoms with Crippen LogP contribution in [-0.2, 0) is 4.74 Å². The van der Waals surface area contributed by atoms with Crippen molar-refractivity contribution in [2.75, 3.05) is 6.61 Å². The molecule has 3 heterocycles. The first kappa shape index (κ1) is 15.3. The van der Waals surface area contributed by atoms with Crippen LogP contribution in [0.1, 0.15) is 30.4 Å². The van der Waals surface area contributed by atoms with Crippen LogP contribution in [0.2, 0.25) is 0 Å². The molecule has 1 saturated heterocycles. The molecular formula is C14H20N4O4. The van der Waals surface area contributed by atoms with Gasteiger partial charge in [-0.05, 0) is 27.7 Å². The lowest BCUT2D eigenvalue weighted by Crippen LogP contribution is -2.44. The number of hydrogen-bond donors (Lipinski definition) is 3. The Bertz CT molecular complexity index is 727. The van der Waals surface area contributed by atoms with Gasteiger partial charge in [0.2, 0.25) is 0 Å². The van der Waals surface area contributed by atoms with Crippen molar-refractivity contribution in [2.45, 2.75) is 51.7 Å². The minimum Gasteiger partial charge on any atom is -0.394 e. The van der Waals surface area contributed by atoms with Gasteiger partial charge in [0.05, 0.1) is 23.4 Å². The zero-order valence-electron chi connectivity index (χ0n) is 13.0. The van der Waals surface area contributed by atoms with Gasteiger partial charge in [0.1, 0.15) is 23.6 Å². The third-order valence-electron chi connectivity index (χ3n) is 4.18. The lowest BCUT2D eigenvalue weighted by atomic mass is 9.97. The summed E-state index contributed by atoms with van der Waals surface area (Å²) in [6, 6.07) is 0. The first-order valence-electron chi connectivity index (χ1n) is 7.14. The lowest BCUT2D eigenvalue weighted by molar-refractivity contribution is -0.100. The molecule has 0 amide bonds. The minimum absolute atomic E-state index is 0.390. The maximum atomic E-state index is 10.6. The predicted molar refractivity (Wildman–Crippen MR) is 77.2 cm³/mol. The van der Waals surface area contributed by atoms with E-state index >= 15 is 0 Å². The summed E-state index contributed by atoms with van der Waals surface area (Å²) in [5.41, 5.74) is 0.460. The van der Waals surface area contributed by atoms with E-state index in [1.165, 1.54) is 11.6 Å². The maximum absolute atomic E-state index is 10.6. The molecule has 0 saturated carbocycles. The van der Waals surface area contributed by atoms with Gasteiger partial charge >= 0.3 is 0 Å². The molecule has 22 heavy (non-hydrogen) atoms. The Hall–Kier alpha value is -1.61.